The van der Waals surface area contributed by atoms with Crippen molar-refractivity contribution in [3.8, 4) is 11.5 Å². The molecule has 1 aromatic rings. The second-order valence-electron chi connectivity index (χ2n) is 5.95. The Hall–Kier alpha value is -0.963. The maximum Gasteiger partial charge on any atom is 0.157 e. The molecule has 0 atom stereocenters. The van der Waals surface area contributed by atoms with Gasteiger partial charge in [-0.3, -0.25) is 0 Å². The van der Waals surface area contributed by atoms with Gasteiger partial charge in [-0.2, -0.15) is 0 Å². The van der Waals surface area contributed by atoms with Gasteiger partial charge in [0.15, 0.2) is 11.5 Å². The number of hydrogen-bond acceptors (Lipinski definition) is 2. The Morgan fingerprint density at radius 1 is 1.00 bits per heavy atom. The molecule has 2 nitrogen and oxygen atoms in total. The van der Waals surface area contributed by atoms with Crippen molar-refractivity contribution < 1.29 is 10.2 Å². The standard InChI is InChI=1S/C14H24O2Si/c1-5-6-7-11-8-13(15)14(16)9-12(11)10-17(2,3)4/h8-9,15-16H,5-7,10H2,1-4H3. The normalized spacial score (nSPS) is 11.8. The molecule has 3 heteroatoms. The van der Waals surface area contributed by atoms with Gasteiger partial charge >= 0.3 is 0 Å². The molecule has 0 radical (unpaired) electrons. The first-order valence-corrected chi connectivity index (χ1v) is 10.1. The summed E-state index contributed by atoms with van der Waals surface area (Å²) in [4.78, 5) is 0. The number of aromatic hydroxyl groups is 2. The summed E-state index contributed by atoms with van der Waals surface area (Å²) in [6.07, 6.45) is 3.26. The van der Waals surface area contributed by atoms with Crippen molar-refractivity contribution in [3.63, 3.8) is 0 Å². The average Bonchev–Trinajstić information content (AvgIpc) is 2.19. The Morgan fingerprint density at radius 2 is 1.53 bits per heavy atom. The molecule has 0 saturated heterocycles. The van der Waals surface area contributed by atoms with Crippen LogP contribution in [-0.4, -0.2) is 18.3 Å². The van der Waals surface area contributed by atoms with Crippen LogP contribution in [0.15, 0.2) is 12.1 Å². The van der Waals surface area contributed by atoms with E-state index in [1.54, 1.807) is 12.1 Å². The molecule has 0 saturated carbocycles. The molecule has 17 heavy (non-hydrogen) atoms. The Kier molecular flexibility index (Phi) is 4.63. The fourth-order valence-electron chi connectivity index (χ4n) is 2.00. The molecule has 0 bridgehead atoms. The van der Waals surface area contributed by atoms with Gasteiger partial charge in [-0.05, 0) is 42.1 Å². The van der Waals surface area contributed by atoms with E-state index in [1.165, 1.54) is 11.1 Å². The molecular formula is C14H24O2Si. The minimum atomic E-state index is -1.20. The quantitative estimate of drug-likeness (QED) is 0.617. The van der Waals surface area contributed by atoms with E-state index in [0.29, 0.717) is 0 Å². The average molecular weight is 252 g/mol. The Labute approximate surface area is 105 Å². The van der Waals surface area contributed by atoms with Crippen molar-refractivity contribution in [3.05, 3.63) is 23.3 Å². The molecule has 1 aromatic carbocycles. The number of benzene rings is 1. The zero-order valence-electron chi connectivity index (χ0n) is 11.4. The zero-order chi connectivity index (χ0) is 13.1. The summed E-state index contributed by atoms with van der Waals surface area (Å²) in [5.74, 6) is 0.0222. The van der Waals surface area contributed by atoms with Crippen LogP contribution in [0.3, 0.4) is 0 Å². The molecule has 0 fully saturated rings. The van der Waals surface area contributed by atoms with Crippen molar-refractivity contribution in [1.82, 2.24) is 0 Å². The van der Waals surface area contributed by atoms with Gasteiger partial charge in [0.05, 0.1) is 0 Å². The molecule has 0 aliphatic carbocycles. The monoisotopic (exact) mass is 252 g/mol. The predicted molar refractivity (Wildman–Crippen MR) is 75.4 cm³/mol. The molecule has 1 rings (SSSR count). The van der Waals surface area contributed by atoms with Gasteiger partial charge in [-0.1, -0.05) is 33.0 Å². The first-order chi connectivity index (χ1) is 7.83. The third kappa shape index (κ3) is 4.42. The molecule has 2 N–H and O–H groups in total. The van der Waals surface area contributed by atoms with Crippen LogP contribution >= 0.6 is 0 Å². The SMILES string of the molecule is CCCCc1cc(O)c(O)cc1C[Si](C)(C)C. The van der Waals surface area contributed by atoms with Crippen molar-refractivity contribution in [2.45, 2.75) is 51.9 Å². The smallest absolute Gasteiger partial charge is 0.157 e. The molecule has 0 heterocycles. The Morgan fingerprint density at radius 3 is 2.00 bits per heavy atom. The van der Waals surface area contributed by atoms with Crippen LogP contribution in [-0.2, 0) is 12.5 Å². The summed E-state index contributed by atoms with van der Waals surface area (Å²) in [5.41, 5.74) is 2.41. The second-order valence-corrected chi connectivity index (χ2v) is 11.4. The van der Waals surface area contributed by atoms with Gasteiger partial charge in [0, 0.05) is 8.07 Å². The maximum absolute atomic E-state index is 9.61. The highest BCUT2D eigenvalue weighted by Crippen LogP contribution is 2.30. The van der Waals surface area contributed by atoms with Gasteiger partial charge in [0.2, 0.25) is 0 Å². The Balaban J connectivity index is 3.03. The van der Waals surface area contributed by atoms with Crippen molar-refractivity contribution in [2.24, 2.45) is 0 Å². The number of phenols is 2. The van der Waals surface area contributed by atoms with E-state index in [4.69, 9.17) is 0 Å². The van der Waals surface area contributed by atoms with Crippen LogP contribution in [0.5, 0.6) is 11.5 Å². The van der Waals surface area contributed by atoms with Crippen LogP contribution in [0.4, 0.5) is 0 Å². The van der Waals surface area contributed by atoms with E-state index in [2.05, 4.69) is 26.6 Å². The van der Waals surface area contributed by atoms with Crippen LogP contribution in [0, 0.1) is 0 Å². The minimum absolute atomic E-state index is 0.00966. The van der Waals surface area contributed by atoms with Crippen LogP contribution in [0.1, 0.15) is 30.9 Å². The molecule has 0 amide bonds. The molecule has 96 valence electrons. The molecular weight excluding hydrogens is 228 g/mol. The summed E-state index contributed by atoms with van der Waals surface area (Å²) in [7, 11) is -1.20. The van der Waals surface area contributed by atoms with Crippen molar-refractivity contribution >= 4 is 8.07 Å². The largest absolute Gasteiger partial charge is 0.504 e. The molecule has 0 aromatic heterocycles. The van der Waals surface area contributed by atoms with Crippen molar-refractivity contribution in [1.29, 1.82) is 0 Å². The molecule has 0 unspecified atom stereocenters. The number of aryl methyl sites for hydroxylation is 1. The summed E-state index contributed by atoms with van der Waals surface area (Å²) in [6, 6.07) is 4.54. The Bertz CT molecular complexity index is 381. The molecule has 0 aliphatic heterocycles. The van der Waals surface area contributed by atoms with E-state index in [1.807, 2.05) is 0 Å². The summed E-state index contributed by atoms with van der Waals surface area (Å²) >= 11 is 0. The predicted octanol–water partition coefficient (Wildman–Crippen LogP) is 3.86. The highest BCUT2D eigenvalue weighted by Gasteiger charge is 2.17. The van der Waals surface area contributed by atoms with Crippen molar-refractivity contribution in [2.75, 3.05) is 0 Å². The number of rotatable bonds is 5. The number of hydrogen-bond donors (Lipinski definition) is 2. The van der Waals surface area contributed by atoms with Gasteiger partial charge in [-0.25, -0.2) is 0 Å². The highest BCUT2D eigenvalue weighted by molar-refractivity contribution is 6.75. The molecule has 0 spiro atoms. The van der Waals surface area contributed by atoms with Gasteiger partial charge in [-0.15, -0.1) is 0 Å². The van der Waals surface area contributed by atoms with E-state index in [-0.39, 0.29) is 11.5 Å². The fourth-order valence-corrected chi connectivity index (χ4v) is 3.47. The van der Waals surface area contributed by atoms with E-state index in [9.17, 15) is 10.2 Å². The van der Waals surface area contributed by atoms with E-state index < -0.39 is 8.07 Å². The zero-order valence-corrected chi connectivity index (χ0v) is 12.4. The van der Waals surface area contributed by atoms with E-state index >= 15 is 0 Å². The lowest BCUT2D eigenvalue weighted by Gasteiger charge is -2.19. The second kappa shape index (κ2) is 5.58. The molecule has 0 aliphatic rings. The van der Waals surface area contributed by atoms with Crippen LogP contribution < -0.4 is 0 Å². The minimum Gasteiger partial charge on any atom is -0.504 e. The third-order valence-corrected chi connectivity index (χ3v) is 4.26. The van der Waals surface area contributed by atoms with Gasteiger partial charge < -0.3 is 10.2 Å². The maximum atomic E-state index is 9.61. The fraction of sp³-hybridized carbons (Fsp3) is 0.571. The lowest BCUT2D eigenvalue weighted by atomic mass is 10.0. The third-order valence-electron chi connectivity index (χ3n) is 2.82. The summed E-state index contributed by atoms with van der Waals surface area (Å²) < 4.78 is 0. The number of unbranched alkanes of at least 4 members (excludes halogenated alkanes) is 1. The lowest BCUT2D eigenvalue weighted by molar-refractivity contribution is 0.402. The topological polar surface area (TPSA) is 40.5 Å². The van der Waals surface area contributed by atoms with Crippen LogP contribution in [0.2, 0.25) is 19.6 Å². The first kappa shape index (κ1) is 14.1. The highest BCUT2D eigenvalue weighted by atomic mass is 28.3. The number of phenolic OH excluding ortho intramolecular Hbond substituents is 2. The summed E-state index contributed by atoms with van der Waals surface area (Å²) in [5, 5.41) is 19.2. The van der Waals surface area contributed by atoms with Gasteiger partial charge in [0.25, 0.3) is 0 Å². The first-order valence-electron chi connectivity index (χ1n) is 6.37. The van der Waals surface area contributed by atoms with E-state index in [0.717, 1.165) is 25.3 Å². The van der Waals surface area contributed by atoms with Gasteiger partial charge in [0.1, 0.15) is 0 Å². The lowest BCUT2D eigenvalue weighted by Crippen LogP contribution is -2.24. The van der Waals surface area contributed by atoms with Crippen LogP contribution in [0.25, 0.3) is 0 Å². The summed E-state index contributed by atoms with van der Waals surface area (Å²) in [6.45, 7) is 9.12.